The van der Waals surface area contributed by atoms with Gasteiger partial charge in [0, 0.05) is 24.8 Å². The van der Waals surface area contributed by atoms with Crippen LogP contribution >= 0.6 is 0 Å². The van der Waals surface area contributed by atoms with Crippen LogP contribution in [0.1, 0.15) is 18.4 Å². The number of piperidine rings is 1. The lowest BCUT2D eigenvalue weighted by Gasteiger charge is -2.31. The highest BCUT2D eigenvalue weighted by Gasteiger charge is 2.32. The van der Waals surface area contributed by atoms with Crippen LogP contribution in [0.3, 0.4) is 0 Å². The number of rotatable bonds is 7. The summed E-state index contributed by atoms with van der Waals surface area (Å²) >= 11 is 0. The molecule has 1 fully saturated rings. The molecular weight excluding hydrogens is 411 g/mol. The molecule has 3 rings (SSSR count). The van der Waals surface area contributed by atoms with Crippen LogP contribution in [0.2, 0.25) is 0 Å². The molecule has 1 atom stereocenters. The standard InChI is InChI=1S/C21H25FN2O5S/c1-28-19-10-9-18(12-20(19)29-2)23-21(25)16-4-3-11-24(13-16)30(26,27)14-15-5-7-17(22)8-6-15/h5-10,12,16H,3-4,11,13-14H2,1-2H3,(H,23,25)/t16-/m0/s1. The molecule has 7 nitrogen and oxygen atoms in total. The molecule has 0 aromatic heterocycles. The van der Waals surface area contributed by atoms with E-state index in [1.807, 2.05) is 0 Å². The van der Waals surface area contributed by atoms with E-state index in [4.69, 9.17) is 9.47 Å². The first-order chi connectivity index (χ1) is 14.3. The number of amides is 1. The van der Waals surface area contributed by atoms with Crippen molar-refractivity contribution in [2.75, 3.05) is 32.6 Å². The molecule has 1 N–H and O–H groups in total. The monoisotopic (exact) mass is 436 g/mol. The van der Waals surface area contributed by atoms with Crippen LogP contribution in [0.25, 0.3) is 0 Å². The summed E-state index contributed by atoms with van der Waals surface area (Å²) in [5.41, 5.74) is 1.05. The maximum absolute atomic E-state index is 13.1. The van der Waals surface area contributed by atoms with Gasteiger partial charge in [-0.05, 0) is 42.7 Å². The van der Waals surface area contributed by atoms with Gasteiger partial charge in [0.05, 0.1) is 25.9 Å². The van der Waals surface area contributed by atoms with Gasteiger partial charge in [0.25, 0.3) is 0 Å². The van der Waals surface area contributed by atoms with Crippen LogP contribution in [-0.2, 0) is 20.6 Å². The van der Waals surface area contributed by atoms with E-state index in [1.165, 1.54) is 42.8 Å². The smallest absolute Gasteiger partial charge is 0.228 e. The summed E-state index contributed by atoms with van der Waals surface area (Å²) in [5, 5.41) is 2.83. The van der Waals surface area contributed by atoms with E-state index in [0.29, 0.717) is 42.1 Å². The highest BCUT2D eigenvalue weighted by molar-refractivity contribution is 7.88. The molecule has 0 saturated carbocycles. The van der Waals surface area contributed by atoms with Crippen molar-refractivity contribution < 1.29 is 27.1 Å². The molecule has 9 heteroatoms. The summed E-state index contributed by atoms with van der Waals surface area (Å²) in [6, 6.07) is 10.4. The van der Waals surface area contributed by atoms with Crippen molar-refractivity contribution in [2.24, 2.45) is 5.92 Å². The van der Waals surface area contributed by atoms with Gasteiger partial charge in [0.2, 0.25) is 15.9 Å². The van der Waals surface area contributed by atoms with Gasteiger partial charge >= 0.3 is 0 Å². The molecule has 0 radical (unpaired) electrons. The van der Waals surface area contributed by atoms with Crippen LogP contribution in [0.5, 0.6) is 11.5 Å². The topological polar surface area (TPSA) is 84.9 Å². The van der Waals surface area contributed by atoms with Gasteiger partial charge in [-0.1, -0.05) is 12.1 Å². The molecule has 0 bridgehead atoms. The molecular formula is C21H25FN2O5S. The summed E-state index contributed by atoms with van der Waals surface area (Å²) in [7, 11) is -0.579. The fraction of sp³-hybridized carbons (Fsp3) is 0.381. The van der Waals surface area contributed by atoms with E-state index in [0.717, 1.165) is 0 Å². The zero-order valence-electron chi connectivity index (χ0n) is 16.9. The Bertz CT molecular complexity index is 995. The van der Waals surface area contributed by atoms with E-state index in [-0.39, 0.29) is 18.2 Å². The van der Waals surface area contributed by atoms with E-state index in [1.54, 1.807) is 18.2 Å². The molecule has 1 aliphatic heterocycles. The molecule has 1 aliphatic rings. The molecule has 1 amide bonds. The predicted octanol–water partition coefficient (Wildman–Crippen LogP) is 3.02. The van der Waals surface area contributed by atoms with Crippen molar-refractivity contribution in [3.8, 4) is 11.5 Å². The summed E-state index contributed by atoms with van der Waals surface area (Å²) in [6.07, 6.45) is 1.19. The number of nitrogens with one attached hydrogen (secondary N) is 1. The fourth-order valence-corrected chi connectivity index (χ4v) is 5.06. The Morgan fingerprint density at radius 1 is 1.13 bits per heavy atom. The lowest BCUT2D eigenvalue weighted by Crippen LogP contribution is -2.44. The molecule has 0 unspecified atom stereocenters. The van der Waals surface area contributed by atoms with E-state index >= 15 is 0 Å². The van der Waals surface area contributed by atoms with Gasteiger partial charge in [-0.3, -0.25) is 4.79 Å². The van der Waals surface area contributed by atoms with Gasteiger partial charge in [0.15, 0.2) is 11.5 Å². The number of methoxy groups -OCH3 is 2. The predicted molar refractivity (Wildman–Crippen MR) is 111 cm³/mol. The minimum Gasteiger partial charge on any atom is -0.493 e. The summed E-state index contributed by atoms with van der Waals surface area (Å²) in [6.45, 7) is 0.478. The third-order valence-electron chi connectivity index (χ3n) is 5.06. The number of hydrogen-bond donors (Lipinski definition) is 1. The maximum Gasteiger partial charge on any atom is 0.228 e. The minimum atomic E-state index is -3.61. The number of nitrogens with zero attached hydrogens (tertiary/aromatic N) is 1. The Balaban J connectivity index is 1.66. The Kier molecular flexibility index (Phi) is 6.94. The van der Waals surface area contributed by atoms with Crippen molar-refractivity contribution in [3.05, 3.63) is 53.8 Å². The van der Waals surface area contributed by atoms with Crippen LogP contribution in [-0.4, -0.2) is 45.9 Å². The zero-order valence-corrected chi connectivity index (χ0v) is 17.7. The average Bonchev–Trinajstić information content (AvgIpc) is 2.75. The molecule has 2 aromatic carbocycles. The van der Waals surface area contributed by atoms with E-state index in [9.17, 15) is 17.6 Å². The largest absolute Gasteiger partial charge is 0.493 e. The average molecular weight is 437 g/mol. The lowest BCUT2D eigenvalue weighted by molar-refractivity contribution is -0.120. The van der Waals surface area contributed by atoms with Crippen molar-refractivity contribution in [3.63, 3.8) is 0 Å². The minimum absolute atomic E-state index is 0.114. The van der Waals surface area contributed by atoms with Crippen LogP contribution in [0.15, 0.2) is 42.5 Å². The number of anilines is 1. The van der Waals surface area contributed by atoms with Gasteiger partial charge in [-0.15, -0.1) is 0 Å². The Morgan fingerprint density at radius 2 is 1.83 bits per heavy atom. The van der Waals surface area contributed by atoms with Gasteiger partial charge in [-0.2, -0.15) is 0 Å². The van der Waals surface area contributed by atoms with E-state index in [2.05, 4.69) is 5.32 Å². The van der Waals surface area contributed by atoms with Gasteiger partial charge in [0.1, 0.15) is 5.82 Å². The molecule has 0 spiro atoms. The number of carbonyl (C=O) groups excluding carboxylic acids is 1. The Morgan fingerprint density at radius 3 is 2.50 bits per heavy atom. The zero-order chi connectivity index (χ0) is 21.7. The van der Waals surface area contributed by atoms with Crippen molar-refractivity contribution in [1.29, 1.82) is 0 Å². The molecule has 1 heterocycles. The first-order valence-electron chi connectivity index (χ1n) is 9.57. The quantitative estimate of drug-likeness (QED) is 0.721. The Labute approximate surface area is 175 Å². The number of benzene rings is 2. The third-order valence-corrected chi connectivity index (χ3v) is 6.88. The number of carbonyl (C=O) groups is 1. The highest BCUT2D eigenvalue weighted by Crippen LogP contribution is 2.30. The second kappa shape index (κ2) is 9.44. The van der Waals surface area contributed by atoms with Crippen molar-refractivity contribution >= 4 is 21.6 Å². The molecule has 162 valence electrons. The first-order valence-corrected chi connectivity index (χ1v) is 11.2. The lowest BCUT2D eigenvalue weighted by atomic mass is 9.98. The van der Waals surface area contributed by atoms with Crippen LogP contribution < -0.4 is 14.8 Å². The summed E-state index contributed by atoms with van der Waals surface area (Å²) in [4.78, 5) is 12.7. The maximum atomic E-state index is 13.1. The highest BCUT2D eigenvalue weighted by atomic mass is 32.2. The number of ether oxygens (including phenoxy) is 2. The Hall–Kier alpha value is -2.65. The summed E-state index contributed by atoms with van der Waals surface area (Å²) in [5.74, 6) is -0.314. The van der Waals surface area contributed by atoms with Crippen LogP contribution in [0.4, 0.5) is 10.1 Å². The fourth-order valence-electron chi connectivity index (χ4n) is 3.45. The van der Waals surface area contributed by atoms with Crippen LogP contribution in [0, 0.1) is 11.7 Å². The normalized spacial score (nSPS) is 17.4. The third kappa shape index (κ3) is 5.28. The molecule has 30 heavy (non-hydrogen) atoms. The molecule has 2 aromatic rings. The SMILES string of the molecule is COc1ccc(NC(=O)[C@H]2CCCN(S(=O)(=O)Cc3ccc(F)cc3)C2)cc1OC. The molecule has 0 aliphatic carbocycles. The second-order valence-corrected chi connectivity index (χ2v) is 9.11. The second-order valence-electron chi connectivity index (χ2n) is 7.14. The molecule has 1 saturated heterocycles. The summed E-state index contributed by atoms with van der Waals surface area (Å²) < 4.78 is 50.4. The number of hydrogen-bond acceptors (Lipinski definition) is 5. The van der Waals surface area contributed by atoms with Crippen molar-refractivity contribution in [2.45, 2.75) is 18.6 Å². The number of halogens is 1. The van der Waals surface area contributed by atoms with Gasteiger partial charge < -0.3 is 14.8 Å². The van der Waals surface area contributed by atoms with Gasteiger partial charge in [-0.25, -0.2) is 17.1 Å². The first kappa shape index (κ1) is 22.0. The van der Waals surface area contributed by atoms with E-state index < -0.39 is 21.8 Å². The van der Waals surface area contributed by atoms with Crippen molar-refractivity contribution in [1.82, 2.24) is 4.31 Å². The number of sulfonamides is 1.